The highest BCUT2D eigenvalue weighted by Gasteiger charge is 2.40. The molecule has 2 heterocycles. The topological polar surface area (TPSA) is 21.7 Å². The highest BCUT2D eigenvalue weighted by atomic mass is 19.5. The number of benzene rings is 3. The second-order valence-corrected chi connectivity index (χ2v) is 8.20. The Morgan fingerprint density at radius 1 is 0.730 bits per heavy atom. The molecule has 1 aliphatic rings. The number of hydrogen-bond acceptors (Lipinski definition) is 1. The Labute approximate surface area is 204 Å². The number of rotatable bonds is 4. The van der Waals surface area contributed by atoms with Crippen molar-refractivity contribution in [2.45, 2.75) is 24.8 Å². The van der Waals surface area contributed by atoms with Crippen molar-refractivity contribution in [1.82, 2.24) is 9.78 Å². The molecule has 0 aliphatic carbocycles. The zero-order valence-electron chi connectivity index (χ0n) is 18.7. The van der Waals surface area contributed by atoms with Crippen LogP contribution in [-0.4, -0.2) is 17.0 Å². The molecule has 1 atom stereocenters. The molecule has 0 amide bonds. The van der Waals surface area contributed by atoms with Crippen molar-refractivity contribution in [2.24, 2.45) is 0 Å². The monoisotopic (exact) mass is 529 g/mol. The minimum absolute atomic E-state index is 0.0855. The number of aryl methyl sites for hydroxylation is 1. The number of halogens is 9. The summed E-state index contributed by atoms with van der Waals surface area (Å²) in [5, 5.41) is 4.16. The van der Waals surface area contributed by atoms with Gasteiger partial charge in [-0.25, -0.2) is 17.7 Å². The number of fused-ring (bicyclic) bond motifs is 1. The van der Waals surface area contributed by atoms with E-state index in [1.807, 2.05) is 60.7 Å². The van der Waals surface area contributed by atoms with Gasteiger partial charge in [0.1, 0.15) is 0 Å². The largest absolute Gasteiger partial charge is 0.673 e. The molecule has 1 aliphatic heterocycles. The molecular weight excluding hydrogens is 512 g/mol. The highest BCUT2D eigenvalue weighted by Crippen LogP contribution is 2.37. The van der Waals surface area contributed by atoms with Gasteiger partial charge in [0.2, 0.25) is 41.1 Å². The fraction of sp³-hybridized carbons (Fsp3) is 0.167. The van der Waals surface area contributed by atoms with Gasteiger partial charge in [0, 0.05) is 17.4 Å². The smallest absolute Gasteiger partial charge is 0.418 e. The molecule has 37 heavy (non-hydrogen) atoms. The molecule has 1 unspecified atom stereocenters. The third-order valence-corrected chi connectivity index (χ3v) is 5.89. The average molecular weight is 529 g/mol. The summed E-state index contributed by atoms with van der Waals surface area (Å²) in [4.78, 5) is 0. The standard InChI is InChI=1S/C24H17F5N3.BF4/c25-19-20(26)22(28)24(23(29)21(19)27)32-13-31-16(11-12-17(31)30-32)18(14-7-3-1-4-8-14)15-9-5-2-6-10-15;2-1(3,4)5/h1-10,13,16,18H,11-12H2;/q+1;-1. The summed E-state index contributed by atoms with van der Waals surface area (Å²) in [6, 6.07) is 19.4. The lowest BCUT2D eigenvalue weighted by atomic mass is 9.84. The van der Waals surface area contributed by atoms with Crippen molar-refractivity contribution in [3.05, 3.63) is 113 Å². The Morgan fingerprint density at radius 2 is 1.16 bits per heavy atom. The molecule has 5 rings (SSSR count). The van der Waals surface area contributed by atoms with Gasteiger partial charge in [0.15, 0.2) is 0 Å². The van der Waals surface area contributed by atoms with Crippen LogP contribution in [0.15, 0.2) is 67.0 Å². The number of nitrogens with zero attached hydrogens (tertiary/aromatic N) is 3. The molecule has 1 aromatic heterocycles. The summed E-state index contributed by atoms with van der Waals surface area (Å²) in [6.07, 6.45) is 2.53. The summed E-state index contributed by atoms with van der Waals surface area (Å²) in [6.45, 7) is 0. The zero-order chi connectivity index (χ0) is 26.9. The van der Waals surface area contributed by atoms with Crippen LogP contribution in [0.4, 0.5) is 39.2 Å². The number of hydrogen-bond donors (Lipinski definition) is 0. The maximum atomic E-state index is 14.3. The van der Waals surface area contributed by atoms with Gasteiger partial charge in [-0.1, -0.05) is 65.3 Å². The first-order valence-corrected chi connectivity index (χ1v) is 11.0. The Bertz CT molecular complexity index is 1320. The second-order valence-electron chi connectivity index (χ2n) is 8.20. The van der Waals surface area contributed by atoms with Crippen LogP contribution in [0.1, 0.15) is 35.3 Å². The van der Waals surface area contributed by atoms with E-state index >= 15 is 0 Å². The van der Waals surface area contributed by atoms with Crippen LogP contribution in [0.2, 0.25) is 0 Å². The van der Waals surface area contributed by atoms with E-state index < -0.39 is 42.0 Å². The average Bonchev–Trinajstić information content (AvgIpc) is 3.44. The van der Waals surface area contributed by atoms with Crippen LogP contribution in [0.5, 0.6) is 0 Å². The minimum Gasteiger partial charge on any atom is -0.418 e. The summed E-state index contributed by atoms with van der Waals surface area (Å²) < 4.78 is 111. The Morgan fingerprint density at radius 3 is 1.62 bits per heavy atom. The first kappa shape index (κ1) is 26.3. The Balaban J connectivity index is 0.000000586. The van der Waals surface area contributed by atoms with Crippen LogP contribution in [0, 0.1) is 29.1 Å². The fourth-order valence-corrected chi connectivity index (χ4v) is 4.45. The van der Waals surface area contributed by atoms with E-state index in [0.717, 1.165) is 15.8 Å². The van der Waals surface area contributed by atoms with Crippen molar-refractivity contribution < 1.29 is 43.8 Å². The lowest BCUT2D eigenvalue weighted by Crippen LogP contribution is -2.40. The summed E-state index contributed by atoms with van der Waals surface area (Å²) in [7, 11) is -6.00. The van der Waals surface area contributed by atoms with Gasteiger partial charge in [-0.2, -0.15) is 8.78 Å². The maximum Gasteiger partial charge on any atom is 0.673 e. The lowest BCUT2D eigenvalue weighted by molar-refractivity contribution is -0.718. The third-order valence-electron chi connectivity index (χ3n) is 5.89. The number of aromatic nitrogens is 3. The van der Waals surface area contributed by atoms with Crippen LogP contribution >= 0.6 is 0 Å². The Hall–Kier alpha value is -3.77. The summed E-state index contributed by atoms with van der Waals surface area (Å²) in [5.41, 5.74) is 1.01. The molecule has 0 saturated carbocycles. The Kier molecular flexibility index (Phi) is 7.33. The van der Waals surface area contributed by atoms with Crippen LogP contribution in [0.25, 0.3) is 5.69 Å². The highest BCUT2D eigenvalue weighted by molar-refractivity contribution is 6.50. The molecule has 13 heteroatoms. The van der Waals surface area contributed by atoms with Crippen molar-refractivity contribution in [3.63, 3.8) is 0 Å². The van der Waals surface area contributed by atoms with Crippen LogP contribution < -0.4 is 4.57 Å². The molecule has 4 aromatic rings. The van der Waals surface area contributed by atoms with E-state index in [1.165, 1.54) is 6.33 Å². The molecule has 0 spiro atoms. The summed E-state index contributed by atoms with van der Waals surface area (Å²) >= 11 is 0. The molecule has 3 nitrogen and oxygen atoms in total. The predicted molar refractivity (Wildman–Crippen MR) is 116 cm³/mol. The van der Waals surface area contributed by atoms with Gasteiger partial charge in [-0.15, -0.1) is 0 Å². The fourth-order valence-electron chi connectivity index (χ4n) is 4.45. The normalized spacial score (nSPS) is 14.9. The molecule has 0 radical (unpaired) electrons. The van der Waals surface area contributed by atoms with Crippen LogP contribution in [-0.2, 0) is 6.42 Å². The van der Waals surface area contributed by atoms with Gasteiger partial charge < -0.3 is 17.3 Å². The first-order chi connectivity index (χ1) is 17.5. The second kappa shape index (κ2) is 10.3. The van der Waals surface area contributed by atoms with Gasteiger partial charge in [0.25, 0.3) is 5.82 Å². The summed E-state index contributed by atoms with van der Waals surface area (Å²) in [5.74, 6) is -9.59. The van der Waals surface area contributed by atoms with E-state index in [2.05, 4.69) is 5.10 Å². The zero-order valence-corrected chi connectivity index (χ0v) is 18.7. The van der Waals surface area contributed by atoms with Gasteiger partial charge in [0.05, 0.1) is 6.04 Å². The van der Waals surface area contributed by atoms with Gasteiger partial charge in [-0.05, 0) is 17.5 Å². The molecule has 0 fully saturated rings. The molecule has 0 saturated heterocycles. The van der Waals surface area contributed by atoms with Crippen molar-refractivity contribution >= 4 is 7.25 Å². The van der Waals surface area contributed by atoms with E-state index in [9.17, 15) is 39.2 Å². The van der Waals surface area contributed by atoms with E-state index in [1.54, 1.807) is 4.57 Å². The van der Waals surface area contributed by atoms with Crippen molar-refractivity contribution in [1.29, 1.82) is 0 Å². The van der Waals surface area contributed by atoms with Gasteiger partial charge >= 0.3 is 7.25 Å². The van der Waals surface area contributed by atoms with E-state index in [4.69, 9.17) is 0 Å². The van der Waals surface area contributed by atoms with Crippen molar-refractivity contribution in [2.75, 3.05) is 0 Å². The van der Waals surface area contributed by atoms with E-state index in [0.29, 0.717) is 18.7 Å². The minimum atomic E-state index is -6.00. The molecule has 0 bridgehead atoms. The lowest BCUT2D eigenvalue weighted by Gasteiger charge is -2.23. The predicted octanol–water partition coefficient (Wildman–Crippen LogP) is 6.47. The van der Waals surface area contributed by atoms with Crippen molar-refractivity contribution in [3.8, 4) is 5.69 Å². The van der Waals surface area contributed by atoms with E-state index in [-0.39, 0.29) is 12.0 Å². The SMILES string of the molecule is F[B-](F)(F)F.Fc1c(F)c(F)c(-n2c[n+]3c(n2)CCC3C(c2ccccc2)c2ccccc2)c(F)c1F. The molecule has 194 valence electrons. The quantitative estimate of drug-likeness (QED) is 0.0977. The van der Waals surface area contributed by atoms with Gasteiger partial charge in [-0.3, -0.25) is 0 Å². The molecular formula is C24H17BF9N3. The molecule has 3 aromatic carbocycles. The first-order valence-electron chi connectivity index (χ1n) is 11.0. The maximum absolute atomic E-state index is 14.3. The third kappa shape index (κ3) is 5.49. The van der Waals surface area contributed by atoms with Crippen LogP contribution in [0.3, 0.4) is 0 Å². The molecule has 0 N–H and O–H groups in total.